The number of aliphatic hydroxyl groups is 1. The highest BCUT2D eigenvalue weighted by molar-refractivity contribution is 6.53. The molecule has 11 heteroatoms. The molecule has 1 N–H and O–H groups in total. The van der Waals surface area contributed by atoms with E-state index in [4.69, 9.17) is 39.2 Å². The van der Waals surface area contributed by atoms with E-state index in [0.717, 1.165) is 9.80 Å². The molecule has 0 unspecified atom stereocenters. The Labute approximate surface area is 226 Å². The Morgan fingerprint density at radius 3 is 2.35 bits per heavy atom. The number of likely N-dealkylation sites (tertiary alicyclic amines) is 1. The van der Waals surface area contributed by atoms with Gasteiger partial charge in [-0.25, -0.2) is 0 Å². The van der Waals surface area contributed by atoms with Gasteiger partial charge in [0.05, 0.1) is 23.4 Å². The van der Waals surface area contributed by atoms with Gasteiger partial charge >= 0.3 is 0 Å². The molecule has 2 aromatic rings. The molecular weight excluding hydrogens is 543 g/mol. The van der Waals surface area contributed by atoms with E-state index >= 15 is 0 Å². The fraction of sp³-hybridized carbons (Fsp3) is 0.385. The van der Waals surface area contributed by atoms with Crippen LogP contribution in [0.15, 0.2) is 52.5 Å². The zero-order valence-electron chi connectivity index (χ0n) is 19.5. The first kappa shape index (κ1) is 24.7. The lowest BCUT2D eigenvalue weighted by atomic mass is 9.57. The van der Waals surface area contributed by atoms with E-state index in [1.54, 1.807) is 36.4 Å². The van der Waals surface area contributed by atoms with Gasteiger partial charge in [0.15, 0.2) is 9.75 Å². The molecule has 2 aliphatic carbocycles. The lowest BCUT2D eigenvalue weighted by molar-refractivity contribution is -0.138. The van der Waals surface area contributed by atoms with Crippen molar-refractivity contribution >= 4 is 64.1 Å². The van der Waals surface area contributed by atoms with Crippen molar-refractivity contribution in [2.24, 2.45) is 17.8 Å². The standard InChI is InChI=1S/C26H21Cl3N2O6/c1-30-23(35)25(28)10-17-15(20(26(25,29)24(30)36)18-9-6-14(11-32)37-18)7-8-16-19(17)22(34)31(21(16)33)13-4-2-12(27)3-5-13/h2-7,9,16-17,19-20,32H,8,10-11H2,1H3/t16-,17+,19-,20+,25+,26-/m0/s1. The number of anilines is 1. The van der Waals surface area contributed by atoms with Gasteiger partial charge in [0.2, 0.25) is 11.8 Å². The molecule has 4 amide bonds. The lowest BCUT2D eigenvalue weighted by Crippen LogP contribution is -2.60. The second-order valence-electron chi connectivity index (χ2n) is 9.95. The van der Waals surface area contributed by atoms with Gasteiger partial charge in [-0.15, -0.1) is 23.2 Å². The molecule has 3 heterocycles. The molecule has 37 heavy (non-hydrogen) atoms. The van der Waals surface area contributed by atoms with Crippen molar-refractivity contribution in [3.8, 4) is 0 Å². The van der Waals surface area contributed by atoms with Crippen LogP contribution < -0.4 is 4.90 Å². The topological polar surface area (TPSA) is 108 Å². The van der Waals surface area contributed by atoms with Gasteiger partial charge in [-0.3, -0.25) is 29.0 Å². The summed E-state index contributed by atoms with van der Waals surface area (Å²) in [5.41, 5.74) is 1.03. The number of allylic oxidation sites excluding steroid dienone is 2. The van der Waals surface area contributed by atoms with Crippen LogP contribution in [-0.4, -0.2) is 50.4 Å². The maximum absolute atomic E-state index is 13.8. The SMILES string of the molecule is CN1C(=O)[C@]2(Cl)C[C@@H]3C(=CC[C@@H]4C(=O)N(c5ccc(Cl)cc5)C(=O)[C@@H]43)[C@H](c3ccc(CO)o3)[C@]2(Cl)C1=O. The number of rotatable bonds is 3. The van der Waals surface area contributed by atoms with Gasteiger partial charge in [-0.1, -0.05) is 23.3 Å². The number of imide groups is 2. The third kappa shape index (κ3) is 3.07. The van der Waals surface area contributed by atoms with Crippen LogP contribution in [-0.2, 0) is 25.8 Å². The molecule has 192 valence electrons. The lowest BCUT2D eigenvalue weighted by Gasteiger charge is -2.49. The molecule has 4 aliphatic rings. The number of halogens is 3. The fourth-order valence-electron chi connectivity index (χ4n) is 6.54. The van der Waals surface area contributed by atoms with Crippen LogP contribution in [0.3, 0.4) is 0 Å². The smallest absolute Gasteiger partial charge is 0.253 e. The van der Waals surface area contributed by atoms with Crippen LogP contribution in [0, 0.1) is 17.8 Å². The van der Waals surface area contributed by atoms with E-state index in [9.17, 15) is 24.3 Å². The Bertz CT molecular complexity index is 1400. The predicted molar refractivity (Wildman–Crippen MR) is 134 cm³/mol. The van der Waals surface area contributed by atoms with Crippen LogP contribution in [0.2, 0.25) is 5.02 Å². The zero-order chi connectivity index (χ0) is 26.4. The molecule has 6 rings (SSSR count). The van der Waals surface area contributed by atoms with E-state index in [0.29, 0.717) is 16.3 Å². The molecule has 1 aromatic carbocycles. The maximum atomic E-state index is 13.8. The fourth-order valence-corrected chi connectivity index (χ4v) is 7.66. The average molecular weight is 564 g/mol. The third-order valence-corrected chi connectivity index (χ3v) is 9.89. The monoisotopic (exact) mass is 562 g/mol. The van der Waals surface area contributed by atoms with Crippen molar-refractivity contribution in [2.75, 3.05) is 11.9 Å². The molecule has 0 radical (unpaired) electrons. The number of aliphatic hydroxyl groups excluding tert-OH is 1. The first-order valence-corrected chi connectivity index (χ1v) is 12.9. The minimum atomic E-state index is -1.92. The van der Waals surface area contributed by atoms with Crippen LogP contribution in [0.1, 0.15) is 30.3 Å². The van der Waals surface area contributed by atoms with E-state index < -0.39 is 51.1 Å². The van der Waals surface area contributed by atoms with Crippen LogP contribution in [0.4, 0.5) is 5.69 Å². The first-order chi connectivity index (χ1) is 17.5. The molecule has 2 saturated heterocycles. The molecule has 1 saturated carbocycles. The number of hydrogen-bond donors (Lipinski definition) is 1. The summed E-state index contributed by atoms with van der Waals surface area (Å²) < 4.78 is 5.83. The molecule has 0 bridgehead atoms. The zero-order valence-corrected chi connectivity index (χ0v) is 21.8. The number of furan rings is 1. The van der Waals surface area contributed by atoms with Crippen molar-refractivity contribution < 1.29 is 28.7 Å². The molecule has 1 aromatic heterocycles. The third-order valence-electron chi connectivity index (χ3n) is 8.22. The number of amides is 4. The van der Waals surface area contributed by atoms with Gasteiger partial charge in [0.1, 0.15) is 18.1 Å². The molecular formula is C26H21Cl3N2O6. The summed E-state index contributed by atoms with van der Waals surface area (Å²) in [4.78, 5) is 52.4. The number of alkyl halides is 2. The summed E-state index contributed by atoms with van der Waals surface area (Å²) in [6, 6.07) is 9.55. The number of carbonyl (C=O) groups is 4. The van der Waals surface area contributed by atoms with Crippen LogP contribution >= 0.6 is 34.8 Å². The van der Waals surface area contributed by atoms with Gasteiger partial charge in [0, 0.05) is 12.1 Å². The Hall–Kier alpha value is -2.65. The van der Waals surface area contributed by atoms with Gasteiger partial charge in [0.25, 0.3) is 11.8 Å². The number of nitrogens with zero attached hydrogens (tertiary/aromatic N) is 2. The second-order valence-corrected chi connectivity index (χ2v) is 11.6. The summed E-state index contributed by atoms with van der Waals surface area (Å²) >= 11 is 20.1. The van der Waals surface area contributed by atoms with E-state index in [1.807, 2.05) is 6.08 Å². The minimum absolute atomic E-state index is 0.0997. The summed E-state index contributed by atoms with van der Waals surface area (Å²) in [7, 11) is 1.32. The number of fused-ring (bicyclic) bond motifs is 4. The molecule has 6 atom stereocenters. The summed E-state index contributed by atoms with van der Waals surface area (Å²) in [6.45, 7) is -0.378. The minimum Gasteiger partial charge on any atom is -0.463 e. The van der Waals surface area contributed by atoms with Crippen LogP contribution in [0.25, 0.3) is 0 Å². The number of benzene rings is 1. The summed E-state index contributed by atoms with van der Waals surface area (Å²) in [6.07, 6.45) is 1.97. The predicted octanol–water partition coefficient (Wildman–Crippen LogP) is 3.62. The largest absolute Gasteiger partial charge is 0.463 e. The van der Waals surface area contributed by atoms with Gasteiger partial charge in [-0.05, 0) is 55.2 Å². The van der Waals surface area contributed by atoms with Gasteiger partial charge in [-0.2, -0.15) is 0 Å². The molecule has 0 spiro atoms. The molecule has 2 aliphatic heterocycles. The highest BCUT2D eigenvalue weighted by Crippen LogP contribution is 2.65. The summed E-state index contributed by atoms with van der Waals surface area (Å²) in [5.74, 6) is -4.68. The van der Waals surface area contributed by atoms with Gasteiger partial charge < -0.3 is 9.52 Å². The maximum Gasteiger partial charge on any atom is 0.253 e. The Balaban J connectivity index is 1.50. The number of hydrogen-bond acceptors (Lipinski definition) is 6. The Kier molecular flexibility index (Phi) is 5.45. The Morgan fingerprint density at radius 1 is 1.00 bits per heavy atom. The Morgan fingerprint density at radius 2 is 1.70 bits per heavy atom. The number of carbonyl (C=O) groups excluding carboxylic acids is 4. The van der Waals surface area contributed by atoms with E-state index in [-0.39, 0.29) is 36.9 Å². The van der Waals surface area contributed by atoms with Crippen LogP contribution in [0.5, 0.6) is 0 Å². The van der Waals surface area contributed by atoms with E-state index in [1.165, 1.54) is 7.05 Å². The average Bonchev–Trinajstić information content (AvgIpc) is 3.49. The van der Waals surface area contributed by atoms with E-state index in [2.05, 4.69) is 0 Å². The van der Waals surface area contributed by atoms with Crippen molar-refractivity contribution in [3.63, 3.8) is 0 Å². The van der Waals surface area contributed by atoms with Crippen molar-refractivity contribution in [1.82, 2.24) is 4.90 Å². The quantitative estimate of drug-likeness (QED) is 0.347. The summed E-state index contributed by atoms with van der Waals surface area (Å²) in [5, 5.41) is 10.0. The molecule has 8 nitrogen and oxygen atoms in total. The normalized spacial score (nSPS) is 35.0. The van der Waals surface area contributed by atoms with Crippen molar-refractivity contribution in [1.29, 1.82) is 0 Å². The second kappa shape index (κ2) is 8.17. The van der Waals surface area contributed by atoms with Crippen molar-refractivity contribution in [3.05, 3.63) is 64.6 Å². The first-order valence-electron chi connectivity index (χ1n) is 11.8. The molecule has 3 fully saturated rings. The highest BCUT2D eigenvalue weighted by Gasteiger charge is 2.76. The highest BCUT2D eigenvalue weighted by atomic mass is 35.5. The van der Waals surface area contributed by atoms with Crippen molar-refractivity contribution in [2.45, 2.75) is 35.1 Å².